The summed E-state index contributed by atoms with van der Waals surface area (Å²) in [5, 5.41) is 16.8. The Morgan fingerprint density at radius 3 is 3.05 bits per heavy atom. The molecule has 1 aromatic rings. The minimum Gasteiger partial charge on any atom is -0.358 e. The Labute approximate surface area is 108 Å². The van der Waals surface area contributed by atoms with E-state index in [9.17, 15) is 19.7 Å². The first-order valence-electron chi connectivity index (χ1n) is 5.78. The van der Waals surface area contributed by atoms with E-state index >= 15 is 0 Å². The molecule has 2 heterocycles. The van der Waals surface area contributed by atoms with Crippen molar-refractivity contribution in [3.8, 4) is 0 Å². The molecule has 1 aliphatic heterocycles. The predicted octanol–water partition coefficient (Wildman–Crippen LogP) is -0.860. The van der Waals surface area contributed by atoms with E-state index in [1.807, 2.05) is 0 Å². The monoisotopic (exact) mass is 267 g/mol. The Hall–Kier alpha value is -2.45. The Bertz CT molecular complexity index is 512. The van der Waals surface area contributed by atoms with Crippen LogP contribution in [0.15, 0.2) is 12.3 Å². The highest BCUT2D eigenvalue weighted by atomic mass is 16.6. The van der Waals surface area contributed by atoms with Crippen molar-refractivity contribution in [2.75, 3.05) is 19.6 Å². The van der Waals surface area contributed by atoms with Crippen LogP contribution in [-0.4, -0.2) is 51.1 Å². The fourth-order valence-corrected chi connectivity index (χ4v) is 1.79. The van der Waals surface area contributed by atoms with E-state index in [2.05, 4.69) is 10.4 Å². The normalized spacial score (nSPS) is 15.8. The van der Waals surface area contributed by atoms with Crippen LogP contribution < -0.4 is 5.32 Å². The molecule has 1 aliphatic rings. The highest BCUT2D eigenvalue weighted by molar-refractivity contribution is 5.85. The third-order valence-corrected chi connectivity index (χ3v) is 2.73. The Kier molecular flexibility index (Phi) is 3.74. The minimum atomic E-state index is -0.625. The predicted molar refractivity (Wildman–Crippen MR) is 63.1 cm³/mol. The molecule has 0 radical (unpaired) electrons. The van der Waals surface area contributed by atoms with Crippen molar-refractivity contribution in [1.82, 2.24) is 20.0 Å². The number of nitrogens with zero attached hydrogens (tertiary/aromatic N) is 4. The summed E-state index contributed by atoms with van der Waals surface area (Å²) < 4.78 is 1.20. The van der Waals surface area contributed by atoms with Crippen LogP contribution in [0, 0.1) is 10.1 Å². The molecule has 9 nitrogen and oxygen atoms in total. The van der Waals surface area contributed by atoms with Gasteiger partial charge in [0.2, 0.25) is 11.8 Å². The van der Waals surface area contributed by atoms with Gasteiger partial charge >= 0.3 is 5.82 Å². The van der Waals surface area contributed by atoms with E-state index in [1.165, 1.54) is 21.8 Å². The Morgan fingerprint density at radius 2 is 2.37 bits per heavy atom. The molecule has 2 amide bonds. The number of carbonyl (C=O) groups excluding carboxylic acids is 2. The van der Waals surface area contributed by atoms with Crippen LogP contribution in [0.4, 0.5) is 5.82 Å². The SMILES string of the molecule is O=C1CN(C(=O)Cn2ccc([N+](=O)[O-])n2)CCCN1. The maximum Gasteiger partial charge on any atom is 0.389 e. The number of aromatic nitrogens is 2. The first-order valence-corrected chi connectivity index (χ1v) is 5.78. The number of amides is 2. The topological polar surface area (TPSA) is 110 Å². The molecular formula is C10H13N5O4. The summed E-state index contributed by atoms with van der Waals surface area (Å²) in [5.41, 5.74) is 0. The van der Waals surface area contributed by atoms with E-state index < -0.39 is 4.92 Å². The molecule has 0 atom stereocenters. The van der Waals surface area contributed by atoms with Gasteiger partial charge in [0.05, 0.1) is 23.9 Å². The average Bonchev–Trinajstić information content (AvgIpc) is 2.71. The second kappa shape index (κ2) is 5.46. The minimum absolute atomic E-state index is 0.0161. The van der Waals surface area contributed by atoms with Crippen LogP contribution in [0.3, 0.4) is 0 Å². The van der Waals surface area contributed by atoms with Crippen LogP contribution in [0.1, 0.15) is 6.42 Å². The van der Waals surface area contributed by atoms with Crippen LogP contribution in [0.2, 0.25) is 0 Å². The Balaban J connectivity index is 1.99. The standard InChI is InChI=1S/C10H13N5O4/c16-9-6-13(4-1-3-11-9)10(17)7-14-5-2-8(12-14)15(18)19/h2,5H,1,3-4,6-7H2,(H,11,16). The van der Waals surface area contributed by atoms with Crippen LogP contribution in [0.25, 0.3) is 0 Å². The quantitative estimate of drug-likeness (QED) is 0.566. The summed E-state index contributed by atoms with van der Waals surface area (Å²) in [6.07, 6.45) is 2.06. The highest BCUT2D eigenvalue weighted by Gasteiger charge is 2.21. The average molecular weight is 267 g/mol. The summed E-state index contributed by atoms with van der Waals surface area (Å²) in [4.78, 5) is 34.6. The summed E-state index contributed by atoms with van der Waals surface area (Å²) in [5.74, 6) is -0.784. The van der Waals surface area contributed by atoms with E-state index in [1.54, 1.807) is 0 Å². The first-order chi connectivity index (χ1) is 9.06. The number of nitro groups is 1. The van der Waals surface area contributed by atoms with Crippen LogP contribution in [0.5, 0.6) is 0 Å². The van der Waals surface area contributed by atoms with Crippen LogP contribution in [-0.2, 0) is 16.1 Å². The molecule has 0 spiro atoms. The molecule has 0 unspecified atom stereocenters. The van der Waals surface area contributed by atoms with Crippen molar-refractivity contribution in [2.45, 2.75) is 13.0 Å². The molecule has 0 aliphatic carbocycles. The lowest BCUT2D eigenvalue weighted by Gasteiger charge is -2.17. The molecule has 1 N–H and O–H groups in total. The van der Waals surface area contributed by atoms with Crippen molar-refractivity contribution in [2.24, 2.45) is 0 Å². The van der Waals surface area contributed by atoms with Gasteiger partial charge < -0.3 is 20.3 Å². The Morgan fingerprint density at radius 1 is 1.58 bits per heavy atom. The molecule has 102 valence electrons. The lowest BCUT2D eigenvalue weighted by molar-refractivity contribution is -0.389. The third kappa shape index (κ3) is 3.27. The zero-order valence-corrected chi connectivity index (χ0v) is 10.1. The number of hydrogen-bond acceptors (Lipinski definition) is 5. The number of rotatable bonds is 3. The lowest BCUT2D eigenvalue weighted by atomic mass is 10.4. The first kappa shape index (κ1) is 13.0. The molecule has 19 heavy (non-hydrogen) atoms. The van der Waals surface area contributed by atoms with Gasteiger partial charge in [0, 0.05) is 13.1 Å². The van der Waals surface area contributed by atoms with Crippen molar-refractivity contribution in [3.63, 3.8) is 0 Å². The van der Waals surface area contributed by atoms with Gasteiger partial charge in [-0.1, -0.05) is 0 Å². The maximum atomic E-state index is 12.0. The fraction of sp³-hybridized carbons (Fsp3) is 0.500. The van der Waals surface area contributed by atoms with Gasteiger partial charge in [0.25, 0.3) is 0 Å². The van der Waals surface area contributed by atoms with Gasteiger partial charge in [0.15, 0.2) is 0 Å². The number of nitrogens with one attached hydrogen (secondary N) is 1. The zero-order valence-electron chi connectivity index (χ0n) is 10.1. The lowest BCUT2D eigenvalue weighted by Crippen LogP contribution is -2.39. The maximum absolute atomic E-state index is 12.0. The third-order valence-electron chi connectivity index (χ3n) is 2.73. The molecular weight excluding hydrogens is 254 g/mol. The van der Waals surface area contributed by atoms with E-state index in [4.69, 9.17) is 0 Å². The van der Waals surface area contributed by atoms with Gasteiger partial charge in [-0.15, -0.1) is 0 Å². The van der Waals surface area contributed by atoms with Crippen LogP contribution >= 0.6 is 0 Å². The van der Waals surface area contributed by atoms with Gasteiger partial charge in [-0.25, -0.2) is 0 Å². The molecule has 1 aromatic heterocycles. The largest absolute Gasteiger partial charge is 0.389 e. The molecule has 1 fully saturated rings. The summed E-state index contributed by atoms with van der Waals surface area (Å²) in [6, 6.07) is 1.22. The summed E-state index contributed by atoms with van der Waals surface area (Å²) in [6.45, 7) is 0.945. The fourth-order valence-electron chi connectivity index (χ4n) is 1.79. The molecule has 0 bridgehead atoms. The van der Waals surface area contributed by atoms with Crippen molar-refractivity contribution >= 4 is 17.6 Å². The second-order valence-corrected chi connectivity index (χ2v) is 4.15. The van der Waals surface area contributed by atoms with Crippen molar-refractivity contribution < 1.29 is 14.5 Å². The molecule has 0 saturated carbocycles. The van der Waals surface area contributed by atoms with Gasteiger partial charge in [-0.2, -0.15) is 4.68 Å². The highest BCUT2D eigenvalue weighted by Crippen LogP contribution is 2.06. The van der Waals surface area contributed by atoms with Crippen molar-refractivity contribution in [1.29, 1.82) is 0 Å². The summed E-state index contributed by atoms with van der Waals surface area (Å²) >= 11 is 0. The summed E-state index contributed by atoms with van der Waals surface area (Å²) in [7, 11) is 0. The molecule has 0 aromatic carbocycles. The van der Waals surface area contributed by atoms with Gasteiger partial charge in [-0.3, -0.25) is 9.59 Å². The molecule has 2 rings (SSSR count). The zero-order chi connectivity index (χ0) is 13.8. The van der Waals surface area contributed by atoms with Crippen molar-refractivity contribution in [3.05, 3.63) is 22.4 Å². The molecule has 1 saturated heterocycles. The van der Waals surface area contributed by atoms with E-state index in [-0.39, 0.29) is 30.7 Å². The second-order valence-electron chi connectivity index (χ2n) is 4.15. The van der Waals surface area contributed by atoms with Gasteiger partial charge in [0.1, 0.15) is 6.54 Å². The van der Waals surface area contributed by atoms with E-state index in [0.717, 1.165) is 0 Å². The van der Waals surface area contributed by atoms with Gasteiger partial charge in [-0.05, 0) is 11.3 Å². The molecule has 9 heteroatoms. The smallest absolute Gasteiger partial charge is 0.358 e. The van der Waals surface area contributed by atoms with E-state index in [0.29, 0.717) is 19.5 Å². The number of hydrogen-bond donors (Lipinski definition) is 1. The number of carbonyl (C=O) groups is 2.